The molecule has 0 saturated heterocycles. The Morgan fingerprint density at radius 2 is 2.00 bits per heavy atom. The van der Waals surface area contributed by atoms with Crippen LogP contribution in [0.4, 0.5) is 24.9 Å². The molecule has 0 amide bonds. The van der Waals surface area contributed by atoms with Gasteiger partial charge in [0.25, 0.3) is 0 Å². The van der Waals surface area contributed by atoms with Crippen molar-refractivity contribution in [3.63, 3.8) is 0 Å². The van der Waals surface area contributed by atoms with E-state index in [2.05, 4.69) is 27.2 Å². The van der Waals surface area contributed by atoms with Crippen LogP contribution in [-0.4, -0.2) is 28.2 Å². The van der Waals surface area contributed by atoms with Gasteiger partial charge in [0.2, 0.25) is 5.95 Å². The number of hydrogen-bond acceptors (Lipinski definition) is 4. The summed E-state index contributed by atoms with van der Waals surface area (Å²) in [6, 6.07) is 8.85. The van der Waals surface area contributed by atoms with Crippen LogP contribution in [0.2, 0.25) is 0 Å². The van der Waals surface area contributed by atoms with Crippen LogP contribution in [0.15, 0.2) is 43.0 Å². The second-order valence-corrected chi connectivity index (χ2v) is 6.40. The zero-order chi connectivity index (χ0) is 19.4. The van der Waals surface area contributed by atoms with E-state index < -0.39 is 11.9 Å². The van der Waals surface area contributed by atoms with Gasteiger partial charge in [-0.05, 0) is 29.8 Å². The average Bonchev–Trinajstić information content (AvgIpc) is 2.65. The first-order chi connectivity index (χ1) is 12.9. The molecule has 1 aliphatic rings. The van der Waals surface area contributed by atoms with Crippen molar-refractivity contribution in [1.82, 2.24) is 15.3 Å². The van der Waals surface area contributed by atoms with E-state index in [-0.39, 0.29) is 16.9 Å². The molecule has 0 radical (unpaired) electrons. The van der Waals surface area contributed by atoms with Gasteiger partial charge in [0.05, 0.1) is 0 Å². The number of hydrogen-bond donors (Lipinski definition) is 2. The van der Waals surface area contributed by atoms with Gasteiger partial charge in [-0.3, -0.25) is 0 Å². The second-order valence-electron chi connectivity index (χ2n) is 6.00. The number of anilines is 2. The van der Waals surface area contributed by atoms with E-state index in [4.69, 9.17) is 12.2 Å². The number of rotatable bonds is 4. The molecule has 3 rings (SSSR count). The number of nitrogens with one attached hydrogen (secondary N) is 2. The first kappa shape index (κ1) is 19.1. The summed E-state index contributed by atoms with van der Waals surface area (Å²) in [4.78, 5) is 9.62. The Bertz CT molecular complexity index is 853. The summed E-state index contributed by atoms with van der Waals surface area (Å²) in [5.41, 5.74) is 1.26. The standard InChI is InChI=1S/C18H18F3N5S/c1-2-8-22-17(27)25-16-23-14(18(19,20)21)10-15(24-16)26-9-7-12-5-3-4-6-13(12)11-26/h2-6,10H,1,7-9,11H2,(H2,22,23,24,25,27). The van der Waals surface area contributed by atoms with Gasteiger partial charge in [0, 0.05) is 25.7 Å². The van der Waals surface area contributed by atoms with Crippen LogP contribution in [0.25, 0.3) is 0 Å². The van der Waals surface area contributed by atoms with Gasteiger partial charge in [0.15, 0.2) is 10.8 Å². The van der Waals surface area contributed by atoms with E-state index in [0.29, 0.717) is 19.6 Å². The van der Waals surface area contributed by atoms with E-state index in [1.54, 1.807) is 6.08 Å². The molecular formula is C18H18F3N5S. The van der Waals surface area contributed by atoms with Crippen LogP contribution < -0.4 is 15.5 Å². The summed E-state index contributed by atoms with van der Waals surface area (Å²) < 4.78 is 39.9. The molecule has 142 valence electrons. The van der Waals surface area contributed by atoms with Crippen LogP contribution in [-0.2, 0) is 19.1 Å². The highest BCUT2D eigenvalue weighted by molar-refractivity contribution is 7.80. The quantitative estimate of drug-likeness (QED) is 0.612. The lowest BCUT2D eigenvalue weighted by molar-refractivity contribution is -0.141. The molecule has 2 N–H and O–H groups in total. The largest absolute Gasteiger partial charge is 0.433 e. The maximum Gasteiger partial charge on any atom is 0.433 e. The molecule has 1 aliphatic heterocycles. The smallest absolute Gasteiger partial charge is 0.359 e. The van der Waals surface area contributed by atoms with E-state index >= 15 is 0 Å². The van der Waals surface area contributed by atoms with Crippen LogP contribution in [0.1, 0.15) is 16.8 Å². The summed E-state index contributed by atoms with van der Waals surface area (Å²) >= 11 is 5.05. The lowest BCUT2D eigenvalue weighted by atomic mass is 10.00. The summed E-state index contributed by atoms with van der Waals surface area (Å²) in [5.74, 6) is 0.0149. The van der Waals surface area contributed by atoms with Crippen LogP contribution in [0.3, 0.4) is 0 Å². The SMILES string of the molecule is C=CCNC(=S)Nc1nc(N2CCc3ccccc3C2)cc(C(F)(F)F)n1. The molecule has 0 bridgehead atoms. The van der Waals surface area contributed by atoms with Crippen LogP contribution >= 0.6 is 12.2 Å². The highest BCUT2D eigenvalue weighted by Gasteiger charge is 2.34. The maximum absolute atomic E-state index is 13.3. The van der Waals surface area contributed by atoms with Gasteiger partial charge in [-0.25, -0.2) is 4.98 Å². The Kier molecular flexibility index (Phi) is 5.59. The topological polar surface area (TPSA) is 53.1 Å². The molecule has 0 fully saturated rings. The van der Waals surface area contributed by atoms with Crippen molar-refractivity contribution < 1.29 is 13.2 Å². The number of alkyl halides is 3. The molecule has 0 unspecified atom stereocenters. The van der Waals surface area contributed by atoms with Crippen molar-refractivity contribution in [3.05, 3.63) is 59.8 Å². The van der Waals surface area contributed by atoms with Crippen LogP contribution in [0, 0.1) is 0 Å². The molecule has 2 heterocycles. The molecule has 5 nitrogen and oxygen atoms in total. The van der Waals surface area contributed by atoms with Crippen molar-refractivity contribution in [2.45, 2.75) is 19.1 Å². The average molecular weight is 393 g/mol. The Labute approximate surface area is 160 Å². The Morgan fingerprint density at radius 3 is 2.70 bits per heavy atom. The Morgan fingerprint density at radius 1 is 1.26 bits per heavy atom. The second kappa shape index (κ2) is 7.91. The summed E-state index contributed by atoms with van der Waals surface area (Å²) in [6.07, 6.45) is -2.26. The van der Waals surface area contributed by atoms with Crippen molar-refractivity contribution in [1.29, 1.82) is 0 Å². The number of benzene rings is 1. The number of aromatic nitrogens is 2. The third kappa shape index (κ3) is 4.73. The molecule has 1 aromatic heterocycles. The molecule has 0 aliphatic carbocycles. The van der Waals surface area contributed by atoms with Gasteiger partial charge in [-0.1, -0.05) is 30.3 Å². The minimum absolute atomic E-state index is 0.129. The van der Waals surface area contributed by atoms with Gasteiger partial charge in [0.1, 0.15) is 5.82 Å². The monoisotopic (exact) mass is 393 g/mol. The first-order valence-electron chi connectivity index (χ1n) is 8.30. The van der Waals surface area contributed by atoms with Gasteiger partial charge in [-0.2, -0.15) is 18.2 Å². The fourth-order valence-corrected chi connectivity index (χ4v) is 2.97. The summed E-state index contributed by atoms with van der Waals surface area (Å²) in [5, 5.41) is 5.52. The highest BCUT2D eigenvalue weighted by atomic mass is 32.1. The third-order valence-electron chi connectivity index (χ3n) is 4.09. The first-order valence-corrected chi connectivity index (χ1v) is 8.71. The number of fused-ring (bicyclic) bond motifs is 1. The normalized spacial score (nSPS) is 13.7. The van der Waals surface area contributed by atoms with Gasteiger partial charge < -0.3 is 15.5 Å². The zero-order valence-corrected chi connectivity index (χ0v) is 15.2. The zero-order valence-electron chi connectivity index (χ0n) is 14.4. The van der Waals surface area contributed by atoms with Crippen molar-refractivity contribution in [2.24, 2.45) is 0 Å². The minimum atomic E-state index is -4.59. The third-order valence-corrected chi connectivity index (χ3v) is 4.34. The van der Waals surface area contributed by atoms with Gasteiger partial charge in [-0.15, -0.1) is 6.58 Å². The number of halogens is 3. The molecule has 1 aromatic carbocycles. The molecule has 0 atom stereocenters. The van der Waals surface area contributed by atoms with E-state index in [9.17, 15) is 13.2 Å². The fourth-order valence-electron chi connectivity index (χ4n) is 2.80. The Balaban J connectivity index is 1.89. The van der Waals surface area contributed by atoms with Crippen molar-refractivity contribution >= 4 is 29.1 Å². The number of thiocarbonyl (C=S) groups is 1. The summed E-state index contributed by atoms with van der Waals surface area (Å²) in [6.45, 7) is 4.98. The number of nitrogens with zero attached hydrogens (tertiary/aromatic N) is 3. The fraction of sp³-hybridized carbons (Fsp3) is 0.278. The van der Waals surface area contributed by atoms with E-state index in [0.717, 1.165) is 18.1 Å². The molecular weight excluding hydrogens is 375 g/mol. The Hall–Kier alpha value is -2.68. The highest BCUT2D eigenvalue weighted by Crippen LogP contribution is 2.32. The predicted molar refractivity (Wildman–Crippen MR) is 103 cm³/mol. The lowest BCUT2D eigenvalue weighted by Crippen LogP contribution is -2.33. The van der Waals surface area contributed by atoms with Crippen molar-refractivity contribution in [3.8, 4) is 0 Å². The molecule has 0 saturated carbocycles. The molecule has 9 heteroatoms. The molecule has 27 heavy (non-hydrogen) atoms. The lowest BCUT2D eigenvalue weighted by Gasteiger charge is -2.30. The molecule has 0 spiro atoms. The maximum atomic E-state index is 13.3. The van der Waals surface area contributed by atoms with Crippen molar-refractivity contribution in [2.75, 3.05) is 23.3 Å². The van der Waals surface area contributed by atoms with E-state index in [1.807, 2.05) is 29.2 Å². The summed E-state index contributed by atoms with van der Waals surface area (Å²) in [7, 11) is 0. The van der Waals surface area contributed by atoms with Crippen LogP contribution in [0.5, 0.6) is 0 Å². The molecule has 2 aromatic rings. The predicted octanol–water partition coefficient (Wildman–Crippen LogP) is 3.53. The van der Waals surface area contributed by atoms with Gasteiger partial charge >= 0.3 is 6.18 Å². The minimum Gasteiger partial charge on any atom is -0.359 e. The van der Waals surface area contributed by atoms with E-state index in [1.165, 1.54) is 5.56 Å².